The minimum atomic E-state index is -0.279. The third-order valence-corrected chi connectivity index (χ3v) is 8.39. The van der Waals surface area contributed by atoms with E-state index in [4.69, 9.17) is 9.72 Å². The summed E-state index contributed by atoms with van der Waals surface area (Å²) in [5.41, 5.74) is 4.65. The minimum absolute atomic E-state index is 0.0966. The quantitative estimate of drug-likeness (QED) is 0.489. The van der Waals surface area contributed by atoms with Gasteiger partial charge in [-0.1, -0.05) is 6.08 Å². The topological polar surface area (TPSA) is 104 Å². The van der Waals surface area contributed by atoms with E-state index in [1.165, 1.54) is 12.8 Å². The standard InChI is InChI=1S/C30H37N7O3/c1-2-40-29(39)36-19-11-22(12-20-36)25-6-3-18-37-26(25)33-28(34-37)32-24-9-7-23(8-10-24)27(38)35-17-5-14-30(15-21-35)13-4-16-31-30/h3,6-11,18,31H,2,4-5,12-17,19-21H2,1H3,(H,32,34). The number of ether oxygens (including phenoxy) is 1. The number of aromatic nitrogens is 3. The van der Waals surface area contributed by atoms with Crippen LogP contribution in [0.25, 0.3) is 11.2 Å². The highest BCUT2D eigenvalue weighted by atomic mass is 16.6. The van der Waals surface area contributed by atoms with Gasteiger partial charge < -0.3 is 25.2 Å². The van der Waals surface area contributed by atoms with E-state index in [1.807, 2.05) is 54.4 Å². The molecule has 0 aliphatic carbocycles. The van der Waals surface area contributed by atoms with E-state index in [0.29, 0.717) is 31.2 Å². The summed E-state index contributed by atoms with van der Waals surface area (Å²) in [6.07, 6.45) is 10.0. The Morgan fingerprint density at radius 1 is 1.05 bits per heavy atom. The number of hydrogen-bond donors (Lipinski definition) is 2. The summed E-state index contributed by atoms with van der Waals surface area (Å²) < 4.78 is 6.89. The molecule has 2 N–H and O–H groups in total. The third kappa shape index (κ3) is 5.40. The molecule has 10 heteroatoms. The Hall–Kier alpha value is -3.92. The number of hydrogen-bond acceptors (Lipinski definition) is 7. The van der Waals surface area contributed by atoms with Crippen molar-refractivity contribution in [2.24, 2.45) is 0 Å². The number of likely N-dealkylation sites (tertiary alicyclic amines) is 1. The van der Waals surface area contributed by atoms with Crippen LogP contribution < -0.4 is 10.6 Å². The summed E-state index contributed by atoms with van der Waals surface area (Å²) in [6, 6.07) is 11.6. The molecule has 1 atom stereocenters. The largest absolute Gasteiger partial charge is 0.450 e. The second-order valence-electron chi connectivity index (χ2n) is 10.9. The summed E-state index contributed by atoms with van der Waals surface area (Å²) in [7, 11) is 0. The van der Waals surface area contributed by atoms with E-state index in [9.17, 15) is 9.59 Å². The summed E-state index contributed by atoms with van der Waals surface area (Å²) >= 11 is 0. The van der Waals surface area contributed by atoms with Crippen LogP contribution in [0.2, 0.25) is 0 Å². The van der Waals surface area contributed by atoms with E-state index >= 15 is 0 Å². The van der Waals surface area contributed by atoms with Crippen molar-refractivity contribution in [2.75, 3.05) is 44.6 Å². The van der Waals surface area contributed by atoms with Gasteiger partial charge in [-0.25, -0.2) is 9.31 Å². The first kappa shape index (κ1) is 26.3. The minimum Gasteiger partial charge on any atom is -0.450 e. The number of fused-ring (bicyclic) bond motifs is 1. The molecule has 2 amide bonds. The van der Waals surface area contributed by atoms with Crippen molar-refractivity contribution in [3.05, 3.63) is 59.8 Å². The van der Waals surface area contributed by atoms with Gasteiger partial charge in [0.25, 0.3) is 5.91 Å². The summed E-state index contributed by atoms with van der Waals surface area (Å²) in [5, 5.41) is 11.6. The third-order valence-electron chi connectivity index (χ3n) is 8.39. The monoisotopic (exact) mass is 543 g/mol. The van der Waals surface area contributed by atoms with E-state index in [-0.39, 0.29) is 17.5 Å². The van der Waals surface area contributed by atoms with Crippen LogP contribution in [0.4, 0.5) is 16.4 Å². The van der Waals surface area contributed by atoms with Gasteiger partial charge in [0.1, 0.15) is 0 Å². The number of benzene rings is 1. The highest BCUT2D eigenvalue weighted by Gasteiger charge is 2.35. The zero-order chi connectivity index (χ0) is 27.5. The number of carbonyl (C=O) groups excluding carboxylic acids is 2. The maximum absolute atomic E-state index is 13.2. The predicted molar refractivity (Wildman–Crippen MR) is 154 cm³/mol. The molecule has 3 aliphatic rings. The van der Waals surface area contributed by atoms with Crippen molar-refractivity contribution in [1.82, 2.24) is 29.7 Å². The van der Waals surface area contributed by atoms with Crippen LogP contribution in [0.3, 0.4) is 0 Å². The van der Waals surface area contributed by atoms with Gasteiger partial charge >= 0.3 is 6.09 Å². The summed E-state index contributed by atoms with van der Waals surface area (Å²) in [4.78, 5) is 33.8. The average molecular weight is 544 g/mol. The molecule has 3 aromatic rings. The van der Waals surface area contributed by atoms with Crippen molar-refractivity contribution >= 4 is 34.9 Å². The lowest BCUT2D eigenvalue weighted by Crippen LogP contribution is -2.41. The van der Waals surface area contributed by atoms with Crippen LogP contribution in [0.1, 0.15) is 61.4 Å². The van der Waals surface area contributed by atoms with E-state index in [0.717, 1.165) is 67.8 Å². The first-order valence-electron chi connectivity index (χ1n) is 14.4. The van der Waals surface area contributed by atoms with Crippen LogP contribution in [-0.4, -0.2) is 81.3 Å². The highest BCUT2D eigenvalue weighted by Crippen LogP contribution is 2.31. The van der Waals surface area contributed by atoms with E-state index < -0.39 is 0 Å². The van der Waals surface area contributed by atoms with Gasteiger partial charge in [-0.15, -0.1) is 5.10 Å². The number of rotatable bonds is 5. The highest BCUT2D eigenvalue weighted by molar-refractivity contribution is 5.94. The zero-order valence-corrected chi connectivity index (χ0v) is 23.1. The molecular weight excluding hydrogens is 506 g/mol. The lowest BCUT2D eigenvalue weighted by atomic mass is 9.89. The van der Waals surface area contributed by atoms with Crippen molar-refractivity contribution in [1.29, 1.82) is 0 Å². The molecule has 1 spiro atoms. The molecule has 2 fully saturated rings. The molecule has 5 heterocycles. The van der Waals surface area contributed by atoms with E-state index in [2.05, 4.69) is 21.8 Å². The molecule has 3 aliphatic heterocycles. The molecule has 6 rings (SSSR count). The Morgan fingerprint density at radius 2 is 1.90 bits per heavy atom. The molecule has 0 radical (unpaired) electrons. The van der Waals surface area contributed by atoms with Crippen LogP contribution in [0.5, 0.6) is 0 Å². The SMILES string of the molecule is CCOC(=O)N1CC=C(c2cccn3nc(Nc4ccc(C(=O)N5CCCC6(CCCN6)CC5)cc4)nc23)CC1. The van der Waals surface area contributed by atoms with E-state index in [1.54, 1.807) is 9.42 Å². The van der Waals surface area contributed by atoms with Crippen LogP contribution in [0.15, 0.2) is 48.7 Å². The van der Waals surface area contributed by atoms with Gasteiger partial charge in [0.15, 0.2) is 5.65 Å². The normalized spacial score (nSPS) is 21.4. The fourth-order valence-corrected chi connectivity index (χ4v) is 6.20. The first-order valence-corrected chi connectivity index (χ1v) is 14.4. The second-order valence-corrected chi connectivity index (χ2v) is 10.9. The Morgan fingerprint density at radius 3 is 2.65 bits per heavy atom. The molecule has 2 saturated heterocycles. The zero-order valence-electron chi connectivity index (χ0n) is 23.1. The molecule has 2 aromatic heterocycles. The number of pyridine rings is 1. The maximum Gasteiger partial charge on any atom is 0.410 e. The Balaban J connectivity index is 1.12. The van der Waals surface area contributed by atoms with Crippen molar-refractivity contribution in [3.63, 3.8) is 0 Å². The number of anilines is 2. The molecule has 1 unspecified atom stereocenters. The smallest absolute Gasteiger partial charge is 0.410 e. The number of nitrogens with one attached hydrogen (secondary N) is 2. The van der Waals surface area contributed by atoms with Crippen molar-refractivity contribution < 1.29 is 14.3 Å². The molecule has 0 bridgehead atoms. The molecule has 0 saturated carbocycles. The van der Waals surface area contributed by atoms with Gasteiger partial charge in [-0.05, 0) is 94.0 Å². The summed E-state index contributed by atoms with van der Waals surface area (Å²) in [5.74, 6) is 0.581. The average Bonchev–Trinajstić information content (AvgIpc) is 3.56. The van der Waals surface area contributed by atoms with Crippen LogP contribution in [-0.2, 0) is 4.74 Å². The van der Waals surface area contributed by atoms with Gasteiger partial charge in [-0.3, -0.25) is 4.79 Å². The van der Waals surface area contributed by atoms with Gasteiger partial charge in [0.2, 0.25) is 5.95 Å². The lowest BCUT2D eigenvalue weighted by molar-refractivity contribution is 0.0758. The van der Waals surface area contributed by atoms with Crippen molar-refractivity contribution in [2.45, 2.75) is 51.0 Å². The van der Waals surface area contributed by atoms with Gasteiger partial charge in [0.05, 0.1) is 6.61 Å². The fraction of sp³-hybridized carbons (Fsp3) is 0.467. The van der Waals surface area contributed by atoms with Gasteiger partial charge in [0, 0.05) is 54.7 Å². The van der Waals surface area contributed by atoms with Gasteiger partial charge in [-0.2, -0.15) is 4.98 Å². The van der Waals surface area contributed by atoms with Crippen LogP contribution in [0, 0.1) is 0 Å². The number of amides is 2. The number of carbonyl (C=O) groups is 2. The second kappa shape index (κ2) is 11.3. The molecule has 1 aromatic carbocycles. The molecule has 10 nitrogen and oxygen atoms in total. The first-order chi connectivity index (χ1) is 19.5. The molecule has 210 valence electrons. The predicted octanol–water partition coefficient (Wildman–Crippen LogP) is 4.47. The molecular formula is C30H37N7O3. The summed E-state index contributed by atoms with van der Waals surface area (Å²) in [6.45, 7) is 6.01. The van der Waals surface area contributed by atoms with Crippen molar-refractivity contribution in [3.8, 4) is 0 Å². The fourth-order valence-electron chi connectivity index (χ4n) is 6.20. The Kier molecular flexibility index (Phi) is 7.42. The lowest BCUT2D eigenvalue weighted by Gasteiger charge is -2.28. The molecule has 40 heavy (non-hydrogen) atoms. The Labute approximate surface area is 234 Å². The number of nitrogens with zero attached hydrogens (tertiary/aromatic N) is 5. The van der Waals surface area contributed by atoms with Crippen LogP contribution >= 0.6 is 0 Å². The Bertz CT molecular complexity index is 1410. The maximum atomic E-state index is 13.2.